The van der Waals surface area contributed by atoms with Crippen LogP contribution in [0.1, 0.15) is 56.3 Å². The van der Waals surface area contributed by atoms with Gasteiger partial charge in [0.1, 0.15) is 5.75 Å². The average molecular weight is 407 g/mol. The van der Waals surface area contributed by atoms with Crippen LogP contribution in [-0.2, 0) is 16.1 Å². The molecule has 0 spiro atoms. The van der Waals surface area contributed by atoms with Crippen molar-refractivity contribution >= 4 is 17.9 Å². The molecule has 5 heteroatoms. The Labute approximate surface area is 178 Å². The van der Waals surface area contributed by atoms with Gasteiger partial charge in [-0.2, -0.15) is 0 Å². The summed E-state index contributed by atoms with van der Waals surface area (Å²) in [5.41, 5.74) is 2.97. The first-order valence-electron chi connectivity index (χ1n) is 10.5. The van der Waals surface area contributed by atoms with Gasteiger partial charge in [0.25, 0.3) is 0 Å². The van der Waals surface area contributed by atoms with E-state index in [1.807, 2.05) is 54.6 Å². The zero-order chi connectivity index (χ0) is 21.5. The summed E-state index contributed by atoms with van der Waals surface area (Å²) in [5.74, 6) is 1.19. The number of fused-ring (bicyclic) bond motifs is 1. The lowest BCUT2D eigenvalue weighted by Gasteiger charge is -2.32. The molecule has 2 aromatic carbocycles. The highest BCUT2D eigenvalue weighted by molar-refractivity contribution is 5.81. The van der Waals surface area contributed by atoms with Crippen molar-refractivity contribution in [1.29, 1.82) is 0 Å². The van der Waals surface area contributed by atoms with E-state index in [-0.39, 0.29) is 24.3 Å². The molecule has 0 radical (unpaired) electrons. The third-order valence-corrected chi connectivity index (χ3v) is 5.25. The van der Waals surface area contributed by atoms with Gasteiger partial charge in [-0.25, -0.2) is 0 Å². The van der Waals surface area contributed by atoms with Gasteiger partial charge in [0.15, 0.2) is 0 Å². The van der Waals surface area contributed by atoms with E-state index < -0.39 is 0 Å². The molecule has 0 aliphatic carbocycles. The Balaban J connectivity index is 1.64. The first kappa shape index (κ1) is 21.6. The summed E-state index contributed by atoms with van der Waals surface area (Å²) in [4.78, 5) is 26.5. The molecule has 0 fully saturated rings. The van der Waals surface area contributed by atoms with Crippen molar-refractivity contribution < 1.29 is 14.3 Å². The van der Waals surface area contributed by atoms with E-state index in [0.717, 1.165) is 28.9 Å². The van der Waals surface area contributed by atoms with Crippen LogP contribution >= 0.6 is 0 Å². The van der Waals surface area contributed by atoms with Crippen LogP contribution in [0.15, 0.2) is 54.7 Å². The molecule has 3 rings (SSSR count). The topological polar surface area (TPSA) is 58.6 Å². The normalized spacial score (nSPS) is 15.1. The predicted octanol–water partition coefficient (Wildman–Crippen LogP) is 4.69. The Morgan fingerprint density at radius 2 is 1.83 bits per heavy atom. The Morgan fingerprint density at radius 1 is 1.10 bits per heavy atom. The van der Waals surface area contributed by atoms with Crippen LogP contribution in [0.5, 0.6) is 5.75 Å². The lowest BCUT2D eigenvalue weighted by molar-refractivity contribution is -0.130. The fraction of sp³-hybridized carbons (Fsp3) is 0.360. The number of hydrogen-bond donors (Lipinski definition) is 1. The molecule has 1 aliphatic heterocycles. The van der Waals surface area contributed by atoms with Gasteiger partial charge in [-0.3, -0.25) is 9.59 Å². The number of nitrogens with zero attached hydrogens (tertiary/aromatic N) is 1. The molecule has 0 bridgehead atoms. The highest BCUT2D eigenvalue weighted by Crippen LogP contribution is 2.32. The van der Waals surface area contributed by atoms with E-state index in [1.165, 1.54) is 6.92 Å². The minimum atomic E-state index is -0.304. The van der Waals surface area contributed by atoms with Gasteiger partial charge in [-0.1, -0.05) is 56.3 Å². The third-order valence-electron chi connectivity index (χ3n) is 5.25. The second-order valence-electron chi connectivity index (χ2n) is 8.01. The quantitative estimate of drug-likeness (QED) is 0.692. The van der Waals surface area contributed by atoms with Crippen LogP contribution in [0.3, 0.4) is 0 Å². The second-order valence-corrected chi connectivity index (χ2v) is 8.01. The van der Waals surface area contributed by atoms with Crippen molar-refractivity contribution in [1.82, 2.24) is 10.2 Å². The van der Waals surface area contributed by atoms with Gasteiger partial charge in [-0.15, -0.1) is 0 Å². The molecule has 0 saturated carbocycles. The molecule has 30 heavy (non-hydrogen) atoms. The molecular weight excluding hydrogens is 376 g/mol. The minimum Gasteiger partial charge on any atom is -0.493 e. The summed E-state index contributed by atoms with van der Waals surface area (Å²) >= 11 is 0. The first-order chi connectivity index (χ1) is 14.5. The number of hydrogen-bond acceptors (Lipinski definition) is 3. The van der Waals surface area contributed by atoms with Crippen LogP contribution in [0.25, 0.3) is 6.08 Å². The number of rotatable bonds is 8. The van der Waals surface area contributed by atoms with Crippen molar-refractivity contribution in [3.05, 3.63) is 71.4 Å². The van der Waals surface area contributed by atoms with E-state index >= 15 is 0 Å². The van der Waals surface area contributed by atoms with Crippen LogP contribution < -0.4 is 10.1 Å². The summed E-state index contributed by atoms with van der Waals surface area (Å²) in [7, 11) is 0. The SMILES string of the molecule is CC(=O)N1C=Cc2ccccc2C1CC(=O)NCc1ccccc1OCCC(C)C. The summed E-state index contributed by atoms with van der Waals surface area (Å²) in [5, 5.41) is 3.00. The molecule has 1 aliphatic rings. The van der Waals surface area contributed by atoms with Gasteiger partial charge >= 0.3 is 0 Å². The lowest BCUT2D eigenvalue weighted by Crippen LogP contribution is -2.35. The number of ether oxygens (including phenoxy) is 1. The molecule has 2 aromatic rings. The smallest absolute Gasteiger partial charge is 0.223 e. The number of nitrogens with one attached hydrogen (secondary N) is 1. The van der Waals surface area contributed by atoms with E-state index in [1.54, 1.807) is 11.1 Å². The molecule has 158 valence electrons. The monoisotopic (exact) mass is 406 g/mol. The summed E-state index contributed by atoms with van der Waals surface area (Å²) in [6.45, 7) is 6.90. The van der Waals surface area contributed by atoms with Gasteiger partial charge in [-0.05, 0) is 35.6 Å². The standard InChI is InChI=1S/C25H30N2O3/c1-18(2)13-15-30-24-11-7-5-9-21(24)17-26-25(29)16-23-22-10-6-4-8-20(22)12-14-27(23)19(3)28/h4-12,14,18,23H,13,15-17H2,1-3H3,(H,26,29). The molecule has 2 amide bonds. The van der Waals surface area contributed by atoms with Gasteiger partial charge in [0, 0.05) is 25.2 Å². The van der Waals surface area contributed by atoms with Crippen molar-refractivity contribution in [3.8, 4) is 5.75 Å². The molecule has 1 N–H and O–H groups in total. The Bertz CT molecular complexity index is 920. The molecule has 1 unspecified atom stereocenters. The summed E-state index contributed by atoms with van der Waals surface area (Å²) in [6.07, 6.45) is 4.86. The van der Waals surface area contributed by atoms with E-state index in [2.05, 4.69) is 19.2 Å². The highest BCUT2D eigenvalue weighted by atomic mass is 16.5. The number of benzene rings is 2. The largest absolute Gasteiger partial charge is 0.493 e. The minimum absolute atomic E-state index is 0.0811. The maximum Gasteiger partial charge on any atom is 0.223 e. The molecule has 0 saturated heterocycles. The lowest BCUT2D eigenvalue weighted by atomic mass is 9.93. The van der Waals surface area contributed by atoms with Gasteiger partial charge < -0.3 is 15.0 Å². The second kappa shape index (κ2) is 10.1. The first-order valence-corrected chi connectivity index (χ1v) is 10.5. The van der Waals surface area contributed by atoms with Gasteiger partial charge in [0.05, 0.1) is 19.1 Å². The number of carbonyl (C=O) groups is 2. The zero-order valence-electron chi connectivity index (χ0n) is 17.9. The summed E-state index contributed by atoms with van der Waals surface area (Å²) < 4.78 is 5.91. The third kappa shape index (κ3) is 5.50. The molecule has 0 aromatic heterocycles. The van der Waals surface area contributed by atoms with E-state index in [0.29, 0.717) is 19.1 Å². The fourth-order valence-electron chi connectivity index (χ4n) is 3.55. The fourth-order valence-corrected chi connectivity index (χ4v) is 3.55. The van der Waals surface area contributed by atoms with Crippen molar-refractivity contribution in [2.45, 2.75) is 46.2 Å². The van der Waals surface area contributed by atoms with Crippen LogP contribution in [-0.4, -0.2) is 23.3 Å². The molecule has 5 nitrogen and oxygen atoms in total. The summed E-state index contributed by atoms with van der Waals surface area (Å²) in [6, 6.07) is 15.3. The average Bonchev–Trinajstić information content (AvgIpc) is 2.73. The maximum absolute atomic E-state index is 12.8. The maximum atomic E-state index is 12.8. The van der Waals surface area contributed by atoms with Crippen molar-refractivity contribution in [2.75, 3.05) is 6.61 Å². The van der Waals surface area contributed by atoms with E-state index in [4.69, 9.17) is 4.74 Å². The van der Waals surface area contributed by atoms with Crippen molar-refractivity contribution in [2.24, 2.45) is 5.92 Å². The molecule has 1 atom stereocenters. The van der Waals surface area contributed by atoms with E-state index in [9.17, 15) is 9.59 Å². The Hall–Kier alpha value is -3.08. The van der Waals surface area contributed by atoms with Crippen molar-refractivity contribution in [3.63, 3.8) is 0 Å². The predicted molar refractivity (Wildman–Crippen MR) is 119 cm³/mol. The number of carbonyl (C=O) groups excluding carboxylic acids is 2. The zero-order valence-corrected chi connectivity index (χ0v) is 17.9. The van der Waals surface area contributed by atoms with Crippen LogP contribution in [0, 0.1) is 5.92 Å². The highest BCUT2D eigenvalue weighted by Gasteiger charge is 2.28. The van der Waals surface area contributed by atoms with Crippen LogP contribution in [0.2, 0.25) is 0 Å². The molecular formula is C25H30N2O3. The number of para-hydroxylation sites is 1. The number of amides is 2. The van der Waals surface area contributed by atoms with Gasteiger partial charge in [0.2, 0.25) is 11.8 Å². The Kier molecular flexibility index (Phi) is 7.28. The Morgan fingerprint density at radius 3 is 2.60 bits per heavy atom. The van der Waals surface area contributed by atoms with Crippen LogP contribution in [0.4, 0.5) is 0 Å². The molecule has 1 heterocycles.